The molecule has 12 amide bonds. The van der Waals surface area contributed by atoms with E-state index in [0.717, 1.165) is 10.9 Å². The third-order valence-corrected chi connectivity index (χ3v) is 17.0. The fourth-order valence-corrected chi connectivity index (χ4v) is 11.2. The Morgan fingerprint density at radius 3 is 1.49 bits per heavy atom. The van der Waals surface area contributed by atoms with Crippen LogP contribution in [-0.2, 0) is 76.8 Å². The molecule has 11 atom stereocenters. The van der Waals surface area contributed by atoms with E-state index in [1.807, 2.05) is 38.1 Å². The van der Waals surface area contributed by atoms with Crippen LogP contribution in [0.25, 0.3) is 10.9 Å². The molecule has 0 aliphatic heterocycles. The molecule has 2 heterocycles. The van der Waals surface area contributed by atoms with E-state index in [4.69, 9.17) is 34.4 Å². The maximum atomic E-state index is 14.8. The number of primary amides is 2. The number of aromatic nitrogens is 3. The van der Waals surface area contributed by atoms with Gasteiger partial charge < -0.3 is 97.5 Å². The summed E-state index contributed by atoms with van der Waals surface area (Å²) < 4.78 is 0. The SMILES string of the molecule is CC[C@H](C)[C@H](NC(=O)[C@H](CC(C)C)NC(=O)[C@H](Cc1c[nH]c2ccccc12)NC(=O)CNC(=O)[C@@H](N)CCCCN)C(=O)N[C@@H](CCC(N)=O)C(=O)N[C@@H](CC(C)C)C(=O)N[C@@H](Cc1ccccc1)C(=O)N[C@@H](Cc1cnc[nH]1)C(=O)N[C@@H](CCCCN)C(=O)N[C@@H](CCCCN)C(N)=O. The number of benzene rings is 2. The van der Waals surface area contributed by atoms with Gasteiger partial charge in [-0.05, 0) is 125 Å². The molecule has 4 aromatic rings. The number of fused-ring (bicyclic) bond motifs is 1. The number of para-hydroxylation sites is 1. The van der Waals surface area contributed by atoms with E-state index in [9.17, 15) is 57.5 Å². The van der Waals surface area contributed by atoms with Crippen LogP contribution in [0.1, 0.15) is 148 Å². The lowest BCUT2D eigenvalue weighted by Gasteiger charge is -2.30. The quantitative estimate of drug-likeness (QED) is 0.0236. The maximum Gasteiger partial charge on any atom is 0.243 e. The zero-order valence-electron chi connectivity index (χ0n) is 58.6. The number of nitrogens with one attached hydrogen (secondary N) is 12. The predicted octanol–water partition coefficient (Wildman–Crippen LogP) is -0.998. The monoisotopic (exact) mass is 1400 g/mol. The minimum atomic E-state index is -1.55. The Labute approximate surface area is 584 Å². The van der Waals surface area contributed by atoms with Crippen molar-refractivity contribution in [3.63, 3.8) is 0 Å². The number of amides is 12. The van der Waals surface area contributed by atoms with E-state index < -0.39 is 150 Å². The van der Waals surface area contributed by atoms with Gasteiger partial charge in [0, 0.05) is 54.7 Å². The first-order chi connectivity index (χ1) is 47.7. The maximum absolute atomic E-state index is 14.8. The van der Waals surface area contributed by atoms with Crippen molar-refractivity contribution in [1.29, 1.82) is 0 Å². The molecule has 31 heteroatoms. The van der Waals surface area contributed by atoms with Crippen LogP contribution in [0.4, 0.5) is 0 Å². The van der Waals surface area contributed by atoms with Gasteiger partial charge in [0.1, 0.15) is 54.4 Å². The lowest BCUT2D eigenvalue weighted by atomic mass is 9.95. The van der Waals surface area contributed by atoms with Gasteiger partial charge in [-0.15, -0.1) is 0 Å². The van der Waals surface area contributed by atoms with Crippen molar-refractivity contribution in [2.24, 2.45) is 52.2 Å². The highest BCUT2D eigenvalue weighted by atomic mass is 16.2. The van der Waals surface area contributed by atoms with Crippen molar-refractivity contribution in [1.82, 2.24) is 68.1 Å². The average molecular weight is 1400 g/mol. The Kier molecular flexibility index (Phi) is 36.5. The summed E-state index contributed by atoms with van der Waals surface area (Å²) in [6.45, 7) is 11.2. The Balaban J connectivity index is 1.62. The fourth-order valence-electron chi connectivity index (χ4n) is 11.2. The zero-order chi connectivity index (χ0) is 73.8. The first-order valence-corrected chi connectivity index (χ1v) is 34.7. The Morgan fingerprint density at radius 1 is 0.480 bits per heavy atom. The molecule has 100 heavy (non-hydrogen) atoms. The molecular formula is C69H109N19O12. The smallest absolute Gasteiger partial charge is 0.243 e. The second kappa shape index (κ2) is 43.9. The molecule has 0 saturated carbocycles. The number of unbranched alkanes of at least 4 members (excludes halogenated alkanes) is 3. The van der Waals surface area contributed by atoms with E-state index in [0.29, 0.717) is 87.8 Å². The van der Waals surface area contributed by atoms with E-state index in [1.54, 1.807) is 64.2 Å². The first-order valence-electron chi connectivity index (χ1n) is 34.7. The van der Waals surface area contributed by atoms with Crippen LogP contribution in [0, 0.1) is 17.8 Å². The molecule has 4 rings (SSSR count). The Morgan fingerprint density at radius 2 is 0.950 bits per heavy atom. The van der Waals surface area contributed by atoms with Crippen molar-refractivity contribution in [2.45, 2.75) is 211 Å². The van der Waals surface area contributed by atoms with Crippen LogP contribution >= 0.6 is 0 Å². The van der Waals surface area contributed by atoms with Gasteiger partial charge >= 0.3 is 0 Å². The second-order valence-corrected chi connectivity index (χ2v) is 26.3. The second-order valence-electron chi connectivity index (χ2n) is 26.3. The van der Waals surface area contributed by atoms with Crippen molar-refractivity contribution < 1.29 is 57.5 Å². The zero-order valence-corrected chi connectivity index (χ0v) is 58.6. The third-order valence-electron chi connectivity index (χ3n) is 17.0. The van der Waals surface area contributed by atoms with Gasteiger partial charge in [-0.1, -0.05) is 103 Å². The molecule has 0 radical (unpaired) electrons. The van der Waals surface area contributed by atoms with Crippen LogP contribution < -0.4 is 87.6 Å². The van der Waals surface area contributed by atoms with Gasteiger partial charge in [-0.25, -0.2) is 4.98 Å². The number of nitrogens with zero attached hydrogens (tertiary/aromatic N) is 1. The topological polar surface area (TPSA) is 526 Å². The molecule has 31 nitrogen and oxygen atoms in total. The normalized spacial score (nSPS) is 14.6. The Bertz CT molecular complexity index is 3270. The first kappa shape index (κ1) is 83.1. The van der Waals surface area contributed by atoms with E-state index in [-0.39, 0.29) is 63.2 Å². The van der Waals surface area contributed by atoms with Crippen molar-refractivity contribution in [3.05, 3.63) is 90.1 Å². The van der Waals surface area contributed by atoms with Gasteiger partial charge in [0.05, 0.1) is 18.9 Å². The average Bonchev–Trinajstić information content (AvgIpc) is 1.57. The predicted molar refractivity (Wildman–Crippen MR) is 378 cm³/mol. The van der Waals surface area contributed by atoms with Crippen molar-refractivity contribution in [3.8, 4) is 0 Å². The van der Waals surface area contributed by atoms with E-state index in [2.05, 4.69) is 68.1 Å². The summed E-state index contributed by atoms with van der Waals surface area (Å²) in [7, 11) is 0. The Hall–Kier alpha value is -9.33. The molecule has 0 bridgehead atoms. The minimum Gasteiger partial charge on any atom is -0.370 e. The molecule has 0 saturated heterocycles. The van der Waals surface area contributed by atoms with Crippen molar-refractivity contribution in [2.75, 3.05) is 26.2 Å². The number of H-pyrrole nitrogens is 2. The van der Waals surface area contributed by atoms with Crippen LogP contribution in [0.3, 0.4) is 0 Å². The number of imidazole rings is 1. The number of hydrogen-bond acceptors (Lipinski definition) is 17. The van der Waals surface area contributed by atoms with Gasteiger partial charge in [0.2, 0.25) is 70.9 Å². The summed E-state index contributed by atoms with van der Waals surface area (Å²) in [5.74, 6) is -10.5. The minimum absolute atomic E-state index is 0.0160. The number of aromatic amines is 2. The molecule has 2 aromatic carbocycles. The molecule has 0 fully saturated rings. The summed E-state index contributed by atoms with van der Waals surface area (Å²) in [4.78, 5) is 178. The molecule has 0 unspecified atom stereocenters. The van der Waals surface area contributed by atoms with Gasteiger partial charge in [0.25, 0.3) is 0 Å². The summed E-state index contributed by atoms with van der Waals surface area (Å²) >= 11 is 0. The summed E-state index contributed by atoms with van der Waals surface area (Å²) in [5.41, 5.74) is 36.8. The molecule has 0 spiro atoms. The molecule has 0 aliphatic carbocycles. The number of rotatable bonds is 48. The van der Waals surface area contributed by atoms with Gasteiger partial charge in [-0.2, -0.15) is 0 Å². The lowest BCUT2D eigenvalue weighted by Crippen LogP contribution is -2.61. The molecule has 0 aliphatic rings. The standard InChI is InChI=1S/C69H109N19O12/c1-7-42(6)59(88-68(99)53(32-41(4)5)85-66(97)55(34-44-36-77-48-23-12-11-21-46(44)48)80-58(90)38-78-61(92)47(73)22-13-16-28-70)69(100)83-51(26-27-57(74)89)63(94)84-52(31-40(2)3)64(95)86-54(33-43-19-9-8-10-20-43)65(96)87-56(35-45-37-76-39-79-45)67(98)82-50(25-15-18-30-72)62(93)81-49(60(75)91)24-14-17-29-71/h8-12,19-21,23,36-37,39-42,47,49-56,59,77H,7,13-18,22,24-35,38,70-73H2,1-6H3,(H2,74,89)(H2,75,91)(H,76,79)(H,78,92)(H,80,90)(H,81,93)(H,82,98)(H,83,100)(H,84,94)(H,85,97)(H,86,95)(H,87,96)(H,88,99)/t42-,47-,49-,50-,51-,52-,53-,54-,55-,56-,59-/m0/s1. The fraction of sp³-hybridized carbons (Fsp3) is 0.580. The molecular weight excluding hydrogens is 1290 g/mol. The molecule has 552 valence electrons. The van der Waals surface area contributed by atoms with E-state index in [1.165, 1.54) is 12.5 Å². The van der Waals surface area contributed by atoms with Crippen LogP contribution in [0.15, 0.2) is 73.3 Å². The van der Waals surface area contributed by atoms with E-state index >= 15 is 0 Å². The summed E-state index contributed by atoms with van der Waals surface area (Å²) in [6.07, 6.45) is 7.64. The summed E-state index contributed by atoms with van der Waals surface area (Å²) in [5, 5.41) is 27.9. The van der Waals surface area contributed by atoms with Crippen LogP contribution in [0.2, 0.25) is 0 Å². The number of carbonyl (C=O) groups is 12. The number of carbonyl (C=O) groups excluding carboxylic acids is 12. The largest absolute Gasteiger partial charge is 0.370 e. The van der Waals surface area contributed by atoms with Gasteiger partial charge in [-0.3, -0.25) is 57.5 Å². The van der Waals surface area contributed by atoms with Crippen LogP contribution in [-0.4, -0.2) is 172 Å². The molecule has 24 N–H and O–H groups in total. The highest BCUT2D eigenvalue weighted by molar-refractivity contribution is 5.99. The lowest BCUT2D eigenvalue weighted by molar-refractivity contribution is -0.137. The van der Waals surface area contributed by atoms with Crippen molar-refractivity contribution >= 4 is 81.8 Å². The third kappa shape index (κ3) is 29.2. The number of hydrogen-bond donors (Lipinski definition) is 18. The van der Waals surface area contributed by atoms with Crippen LogP contribution in [0.5, 0.6) is 0 Å². The van der Waals surface area contributed by atoms with Gasteiger partial charge in [0.15, 0.2) is 0 Å². The highest BCUT2D eigenvalue weighted by Gasteiger charge is 2.38. The number of nitrogens with two attached hydrogens (primary N) is 6. The molecule has 2 aromatic heterocycles. The highest BCUT2D eigenvalue weighted by Crippen LogP contribution is 2.21. The summed E-state index contributed by atoms with van der Waals surface area (Å²) in [6, 6.07) is 3.09.